The van der Waals surface area contributed by atoms with Crippen LogP contribution in [0.5, 0.6) is 0 Å². The Balaban J connectivity index is 3.15. The summed E-state index contributed by atoms with van der Waals surface area (Å²) in [6, 6.07) is 3.71. The lowest BCUT2D eigenvalue weighted by Crippen LogP contribution is -2.37. The van der Waals surface area contributed by atoms with Crippen molar-refractivity contribution in [2.45, 2.75) is 25.2 Å². The Hall–Kier alpha value is -1.18. The summed E-state index contributed by atoms with van der Waals surface area (Å²) in [6.07, 6.45) is 0.473. The molecule has 0 saturated heterocycles. The van der Waals surface area contributed by atoms with Gasteiger partial charge in [-0.15, -0.1) is 0 Å². The number of ether oxygens (including phenoxy) is 1. The lowest BCUT2D eigenvalue weighted by molar-refractivity contribution is -0.143. The van der Waals surface area contributed by atoms with Crippen LogP contribution in [-0.4, -0.2) is 38.4 Å². The van der Waals surface area contributed by atoms with Gasteiger partial charge in [0.1, 0.15) is 11.4 Å². The van der Waals surface area contributed by atoms with E-state index in [9.17, 15) is 17.6 Å². The molecule has 0 fully saturated rings. The van der Waals surface area contributed by atoms with Crippen LogP contribution >= 0.6 is 11.6 Å². The molecule has 8 heteroatoms. The van der Waals surface area contributed by atoms with Crippen LogP contribution in [-0.2, 0) is 19.6 Å². The van der Waals surface area contributed by atoms with Crippen LogP contribution in [0.1, 0.15) is 20.3 Å². The summed E-state index contributed by atoms with van der Waals surface area (Å²) in [6.45, 7) is 3.13. The second-order valence-corrected chi connectivity index (χ2v) is 6.51. The van der Waals surface area contributed by atoms with Crippen molar-refractivity contribution in [3.8, 4) is 0 Å². The van der Waals surface area contributed by atoms with E-state index in [4.69, 9.17) is 16.3 Å². The average molecular weight is 338 g/mol. The third-order valence-electron chi connectivity index (χ3n) is 2.62. The summed E-state index contributed by atoms with van der Waals surface area (Å²) >= 11 is 5.61. The molecule has 1 rings (SSSR count). The molecule has 0 saturated carbocycles. The highest BCUT2D eigenvalue weighted by Crippen LogP contribution is 2.24. The van der Waals surface area contributed by atoms with Crippen LogP contribution in [0.3, 0.4) is 0 Å². The number of halogens is 2. The van der Waals surface area contributed by atoms with E-state index in [1.807, 2.05) is 0 Å². The van der Waals surface area contributed by atoms with Crippen molar-refractivity contribution >= 4 is 27.6 Å². The first-order valence-electron chi connectivity index (χ1n) is 6.44. The number of sulfonamides is 1. The molecule has 0 bridgehead atoms. The molecule has 1 aromatic rings. The highest BCUT2D eigenvalue weighted by Gasteiger charge is 2.29. The zero-order chi connectivity index (χ0) is 16.0. The Morgan fingerprint density at radius 1 is 1.38 bits per heavy atom. The maximum Gasteiger partial charge on any atom is 0.321 e. The van der Waals surface area contributed by atoms with Crippen molar-refractivity contribution in [2.24, 2.45) is 0 Å². The van der Waals surface area contributed by atoms with Crippen molar-refractivity contribution in [1.29, 1.82) is 0 Å². The third kappa shape index (κ3) is 4.39. The van der Waals surface area contributed by atoms with Crippen molar-refractivity contribution in [2.75, 3.05) is 19.7 Å². The van der Waals surface area contributed by atoms with Crippen LogP contribution in [0.25, 0.3) is 0 Å². The standard InChI is InChI=1S/C13H17ClFNO4S/c1-3-8-16(9-12(17)20-4-2)21(18,19)11-7-5-6-10(14)13(11)15/h5-7H,3-4,8-9H2,1-2H3. The zero-order valence-corrected chi connectivity index (χ0v) is 13.4. The van der Waals surface area contributed by atoms with Crippen LogP contribution < -0.4 is 0 Å². The number of carbonyl (C=O) groups excluding carboxylic acids is 1. The highest BCUT2D eigenvalue weighted by atomic mass is 35.5. The molecule has 21 heavy (non-hydrogen) atoms. The van der Waals surface area contributed by atoms with E-state index in [0.717, 1.165) is 10.4 Å². The van der Waals surface area contributed by atoms with Crippen molar-refractivity contribution in [1.82, 2.24) is 4.31 Å². The van der Waals surface area contributed by atoms with E-state index in [2.05, 4.69) is 0 Å². The van der Waals surface area contributed by atoms with Crippen LogP contribution in [0, 0.1) is 5.82 Å². The van der Waals surface area contributed by atoms with E-state index in [-0.39, 0.29) is 18.2 Å². The van der Waals surface area contributed by atoms with Gasteiger partial charge in [-0.3, -0.25) is 4.79 Å². The fraction of sp³-hybridized carbons (Fsp3) is 0.462. The number of rotatable bonds is 7. The van der Waals surface area contributed by atoms with E-state index in [0.29, 0.717) is 6.42 Å². The monoisotopic (exact) mass is 337 g/mol. The minimum absolute atomic E-state index is 0.0765. The van der Waals surface area contributed by atoms with Gasteiger partial charge in [0.05, 0.1) is 11.6 Å². The van der Waals surface area contributed by atoms with Gasteiger partial charge in [0.25, 0.3) is 0 Å². The van der Waals surface area contributed by atoms with E-state index >= 15 is 0 Å². The predicted molar refractivity (Wildman–Crippen MR) is 77.1 cm³/mol. The molecule has 0 N–H and O–H groups in total. The van der Waals surface area contributed by atoms with Gasteiger partial charge in [0.2, 0.25) is 10.0 Å². The van der Waals surface area contributed by atoms with E-state index in [1.54, 1.807) is 13.8 Å². The number of hydrogen-bond donors (Lipinski definition) is 0. The summed E-state index contributed by atoms with van der Waals surface area (Å²) < 4.78 is 44.5. The SMILES string of the molecule is CCCN(CC(=O)OCC)S(=O)(=O)c1cccc(Cl)c1F. The summed E-state index contributed by atoms with van der Waals surface area (Å²) in [5.74, 6) is -1.71. The smallest absolute Gasteiger partial charge is 0.321 e. The Kier molecular flexibility index (Phi) is 6.57. The van der Waals surface area contributed by atoms with Gasteiger partial charge >= 0.3 is 5.97 Å². The van der Waals surface area contributed by atoms with Crippen LogP contribution in [0.2, 0.25) is 5.02 Å². The van der Waals surface area contributed by atoms with Crippen molar-refractivity contribution in [3.05, 3.63) is 29.0 Å². The molecule has 0 aliphatic heterocycles. The van der Waals surface area contributed by atoms with Gasteiger partial charge < -0.3 is 4.74 Å². The molecular weight excluding hydrogens is 321 g/mol. The van der Waals surface area contributed by atoms with E-state index < -0.39 is 33.3 Å². The van der Waals surface area contributed by atoms with Crippen LogP contribution in [0.4, 0.5) is 4.39 Å². The van der Waals surface area contributed by atoms with E-state index in [1.165, 1.54) is 12.1 Å². The molecule has 118 valence electrons. The molecule has 0 amide bonds. The predicted octanol–water partition coefficient (Wildman–Crippen LogP) is 2.44. The number of hydrogen-bond acceptors (Lipinski definition) is 4. The van der Waals surface area contributed by atoms with Gasteiger partial charge in [-0.25, -0.2) is 12.8 Å². The Morgan fingerprint density at radius 2 is 2.05 bits per heavy atom. The second-order valence-electron chi connectivity index (χ2n) is 4.20. The average Bonchev–Trinajstić information content (AvgIpc) is 2.41. The first-order valence-corrected chi connectivity index (χ1v) is 8.26. The normalized spacial score (nSPS) is 11.7. The Labute approximate surface area is 128 Å². The molecule has 5 nitrogen and oxygen atoms in total. The fourth-order valence-electron chi connectivity index (χ4n) is 1.71. The molecule has 0 spiro atoms. The van der Waals surface area contributed by atoms with Crippen molar-refractivity contribution in [3.63, 3.8) is 0 Å². The number of nitrogens with zero attached hydrogens (tertiary/aromatic N) is 1. The van der Waals surface area contributed by atoms with Crippen molar-refractivity contribution < 1.29 is 22.3 Å². The molecule has 1 aromatic carbocycles. The zero-order valence-electron chi connectivity index (χ0n) is 11.8. The Morgan fingerprint density at radius 3 is 2.62 bits per heavy atom. The van der Waals surface area contributed by atoms with Gasteiger partial charge in [-0.2, -0.15) is 4.31 Å². The molecule has 0 unspecified atom stereocenters. The van der Waals surface area contributed by atoms with Gasteiger partial charge in [-0.05, 0) is 25.5 Å². The number of benzene rings is 1. The maximum atomic E-state index is 13.9. The molecule has 0 radical (unpaired) electrons. The summed E-state index contributed by atoms with van der Waals surface area (Å²) in [5.41, 5.74) is 0. The third-order valence-corrected chi connectivity index (χ3v) is 4.77. The molecule has 0 aromatic heterocycles. The first kappa shape index (κ1) is 17.9. The number of esters is 1. The largest absolute Gasteiger partial charge is 0.465 e. The lowest BCUT2D eigenvalue weighted by Gasteiger charge is -2.21. The topological polar surface area (TPSA) is 63.7 Å². The summed E-state index contributed by atoms with van der Waals surface area (Å²) in [5, 5.41) is -0.288. The minimum Gasteiger partial charge on any atom is -0.465 e. The number of carbonyl (C=O) groups is 1. The first-order chi connectivity index (χ1) is 9.84. The van der Waals surface area contributed by atoms with Gasteiger partial charge in [0, 0.05) is 6.54 Å². The minimum atomic E-state index is -4.16. The molecular formula is C13H17ClFNO4S. The fourth-order valence-corrected chi connectivity index (χ4v) is 3.50. The maximum absolute atomic E-state index is 13.9. The molecule has 0 aliphatic rings. The second kappa shape index (κ2) is 7.72. The van der Waals surface area contributed by atoms with Crippen LogP contribution in [0.15, 0.2) is 23.1 Å². The molecule has 0 atom stereocenters. The highest BCUT2D eigenvalue weighted by molar-refractivity contribution is 7.89. The quantitative estimate of drug-likeness (QED) is 0.717. The summed E-state index contributed by atoms with van der Waals surface area (Å²) in [7, 11) is -4.16. The Bertz CT molecular complexity index is 606. The van der Waals surface area contributed by atoms with Gasteiger partial charge in [-0.1, -0.05) is 24.6 Å². The summed E-state index contributed by atoms with van der Waals surface area (Å²) in [4.78, 5) is 11.0. The van der Waals surface area contributed by atoms with Gasteiger partial charge in [0.15, 0.2) is 5.82 Å². The molecule has 0 heterocycles. The molecule has 0 aliphatic carbocycles. The lowest BCUT2D eigenvalue weighted by atomic mass is 10.3.